The maximum atomic E-state index is 13.5. The van der Waals surface area contributed by atoms with Crippen molar-refractivity contribution >= 4 is 17.3 Å². The molecular formula is C26H28N2O2. The smallest absolute Gasteiger partial charge is 0.262 e. The summed E-state index contributed by atoms with van der Waals surface area (Å²) in [4.78, 5) is 15.3. The largest absolute Gasteiger partial charge is 0.494 e. The highest BCUT2D eigenvalue weighted by atomic mass is 16.5. The zero-order valence-corrected chi connectivity index (χ0v) is 17.8. The van der Waals surface area contributed by atoms with Crippen LogP contribution < -0.4 is 15.0 Å². The molecule has 30 heavy (non-hydrogen) atoms. The van der Waals surface area contributed by atoms with E-state index in [9.17, 15) is 4.79 Å². The van der Waals surface area contributed by atoms with Crippen LogP contribution in [0.5, 0.6) is 5.75 Å². The van der Waals surface area contributed by atoms with Crippen molar-refractivity contribution < 1.29 is 9.53 Å². The Hall–Kier alpha value is -3.27. The first-order valence-electron chi connectivity index (χ1n) is 10.6. The Morgan fingerprint density at radius 1 is 0.967 bits per heavy atom. The van der Waals surface area contributed by atoms with Crippen LogP contribution in [0.25, 0.3) is 0 Å². The lowest BCUT2D eigenvalue weighted by atomic mass is 10.00. The molecule has 0 spiro atoms. The van der Waals surface area contributed by atoms with E-state index in [-0.39, 0.29) is 12.1 Å². The van der Waals surface area contributed by atoms with Crippen LogP contribution in [0.15, 0.2) is 72.8 Å². The molecule has 1 aliphatic heterocycles. The molecule has 3 aromatic rings. The molecule has 1 N–H and O–H groups in total. The van der Waals surface area contributed by atoms with Crippen molar-refractivity contribution in [3.8, 4) is 5.75 Å². The first-order chi connectivity index (χ1) is 14.6. The van der Waals surface area contributed by atoms with Crippen molar-refractivity contribution in [2.45, 2.75) is 39.3 Å². The number of amides is 1. The van der Waals surface area contributed by atoms with Crippen LogP contribution in [0, 0.1) is 0 Å². The van der Waals surface area contributed by atoms with Gasteiger partial charge < -0.3 is 10.1 Å². The Balaban J connectivity index is 1.73. The van der Waals surface area contributed by atoms with Gasteiger partial charge in [0.1, 0.15) is 11.9 Å². The number of para-hydroxylation sites is 1. The van der Waals surface area contributed by atoms with Crippen LogP contribution in [-0.2, 0) is 0 Å². The summed E-state index contributed by atoms with van der Waals surface area (Å²) in [6.45, 7) is 7.13. The molecule has 0 saturated heterocycles. The van der Waals surface area contributed by atoms with E-state index in [1.54, 1.807) is 0 Å². The summed E-state index contributed by atoms with van der Waals surface area (Å²) in [7, 11) is 0. The molecule has 1 aliphatic rings. The maximum Gasteiger partial charge on any atom is 0.262 e. The molecule has 0 radical (unpaired) electrons. The zero-order chi connectivity index (χ0) is 21.1. The number of rotatable bonds is 6. The molecule has 0 fully saturated rings. The number of nitrogens with zero attached hydrogens (tertiary/aromatic N) is 1. The van der Waals surface area contributed by atoms with Crippen molar-refractivity contribution in [2.24, 2.45) is 0 Å². The van der Waals surface area contributed by atoms with Gasteiger partial charge >= 0.3 is 0 Å². The Labute approximate surface area is 178 Å². The molecule has 1 atom stereocenters. The molecule has 0 aromatic heterocycles. The normalized spacial score (nSPS) is 15.7. The monoisotopic (exact) mass is 400 g/mol. The van der Waals surface area contributed by atoms with Crippen LogP contribution in [-0.4, -0.2) is 12.5 Å². The minimum Gasteiger partial charge on any atom is -0.494 e. The maximum absolute atomic E-state index is 13.5. The fourth-order valence-electron chi connectivity index (χ4n) is 3.74. The molecule has 4 rings (SSSR count). The standard InChI is InChI=1S/C26H28N2O2/c1-4-17-30-22-15-11-20(12-16-22)25-27-24-8-6-5-7-23(24)26(29)28(25)21-13-9-19(10-14-21)18(2)3/h5-16,18,25,27H,4,17H2,1-3H3/t25-/m1/s1. The van der Waals surface area contributed by atoms with Gasteiger partial charge in [-0.05, 0) is 59.9 Å². The predicted octanol–water partition coefficient (Wildman–Crippen LogP) is 6.37. The van der Waals surface area contributed by atoms with Gasteiger partial charge in [0, 0.05) is 11.4 Å². The minimum absolute atomic E-state index is 0.00189. The molecule has 154 valence electrons. The summed E-state index contributed by atoms with van der Waals surface area (Å²) >= 11 is 0. The average Bonchev–Trinajstić information content (AvgIpc) is 2.78. The van der Waals surface area contributed by atoms with E-state index in [1.807, 2.05) is 65.6 Å². The van der Waals surface area contributed by atoms with E-state index in [0.29, 0.717) is 18.1 Å². The highest BCUT2D eigenvalue weighted by Gasteiger charge is 2.34. The van der Waals surface area contributed by atoms with Gasteiger partial charge in [-0.3, -0.25) is 9.69 Å². The highest BCUT2D eigenvalue weighted by molar-refractivity contribution is 6.12. The van der Waals surface area contributed by atoms with Crippen molar-refractivity contribution in [1.82, 2.24) is 0 Å². The second-order valence-corrected chi connectivity index (χ2v) is 7.93. The lowest BCUT2D eigenvalue weighted by Gasteiger charge is -2.38. The molecule has 4 heteroatoms. The van der Waals surface area contributed by atoms with Crippen LogP contribution in [0.3, 0.4) is 0 Å². The first kappa shape index (κ1) is 20.0. The molecule has 4 nitrogen and oxygen atoms in total. The molecule has 0 aliphatic carbocycles. The molecular weight excluding hydrogens is 372 g/mol. The third-order valence-corrected chi connectivity index (χ3v) is 5.43. The van der Waals surface area contributed by atoms with Gasteiger partial charge in [0.05, 0.1) is 12.2 Å². The van der Waals surface area contributed by atoms with Gasteiger partial charge in [-0.2, -0.15) is 0 Å². The number of anilines is 2. The summed E-state index contributed by atoms with van der Waals surface area (Å²) in [6.07, 6.45) is 0.676. The Morgan fingerprint density at radius 2 is 1.67 bits per heavy atom. The topological polar surface area (TPSA) is 41.6 Å². The van der Waals surface area contributed by atoms with Crippen molar-refractivity contribution in [3.63, 3.8) is 0 Å². The van der Waals surface area contributed by atoms with Gasteiger partial charge in [0.2, 0.25) is 0 Å². The quantitative estimate of drug-likeness (QED) is 0.523. The lowest BCUT2D eigenvalue weighted by molar-refractivity contribution is 0.0975. The summed E-state index contributed by atoms with van der Waals surface area (Å²) in [5.74, 6) is 1.29. The van der Waals surface area contributed by atoms with Crippen LogP contribution in [0.4, 0.5) is 11.4 Å². The molecule has 0 saturated carbocycles. The molecule has 0 bridgehead atoms. The SMILES string of the molecule is CCCOc1ccc([C@@H]2Nc3ccccc3C(=O)N2c2ccc(C(C)C)cc2)cc1. The number of fused-ring (bicyclic) bond motifs is 1. The molecule has 0 unspecified atom stereocenters. The van der Waals surface area contributed by atoms with Crippen LogP contribution >= 0.6 is 0 Å². The summed E-state index contributed by atoms with van der Waals surface area (Å²) in [5.41, 5.74) is 4.68. The minimum atomic E-state index is -0.294. The summed E-state index contributed by atoms with van der Waals surface area (Å²) in [5, 5.41) is 3.56. The first-order valence-corrected chi connectivity index (χ1v) is 10.6. The van der Waals surface area contributed by atoms with Gasteiger partial charge in [0.25, 0.3) is 5.91 Å². The number of ether oxygens (including phenoxy) is 1. The summed E-state index contributed by atoms with van der Waals surface area (Å²) in [6, 6.07) is 24.0. The van der Waals surface area contributed by atoms with Crippen molar-refractivity contribution in [3.05, 3.63) is 89.5 Å². The van der Waals surface area contributed by atoms with Gasteiger partial charge in [-0.25, -0.2) is 0 Å². The highest BCUT2D eigenvalue weighted by Crippen LogP contribution is 2.37. The third kappa shape index (κ3) is 3.90. The van der Waals surface area contributed by atoms with Crippen LogP contribution in [0.2, 0.25) is 0 Å². The Morgan fingerprint density at radius 3 is 2.33 bits per heavy atom. The third-order valence-electron chi connectivity index (χ3n) is 5.43. The Kier molecular flexibility index (Phi) is 5.75. The van der Waals surface area contributed by atoms with Gasteiger partial charge in [0.15, 0.2) is 0 Å². The van der Waals surface area contributed by atoms with Gasteiger partial charge in [-0.1, -0.05) is 57.2 Å². The predicted molar refractivity (Wildman–Crippen MR) is 122 cm³/mol. The van der Waals surface area contributed by atoms with E-state index in [4.69, 9.17) is 4.74 Å². The molecule has 1 amide bonds. The second kappa shape index (κ2) is 8.62. The number of hydrogen-bond donors (Lipinski definition) is 1. The number of benzene rings is 3. The summed E-state index contributed by atoms with van der Waals surface area (Å²) < 4.78 is 5.72. The second-order valence-electron chi connectivity index (χ2n) is 7.93. The molecule has 1 heterocycles. The van der Waals surface area contributed by atoms with Crippen LogP contribution in [0.1, 0.15) is 60.8 Å². The number of carbonyl (C=O) groups is 1. The van der Waals surface area contributed by atoms with Crippen molar-refractivity contribution in [2.75, 3.05) is 16.8 Å². The van der Waals surface area contributed by atoms with E-state index in [2.05, 4.69) is 38.2 Å². The average molecular weight is 401 g/mol. The zero-order valence-electron chi connectivity index (χ0n) is 17.8. The number of carbonyl (C=O) groups excluding carboxylic acids is 1. The van der Waals surface area contributed by atoms with E-state index in [0.717, 1.165) is 29.1 Å². The number of hydrogen-bond acceptors (Lipinski definition) is 3. The lowest BCUT2D eigenvalue weighted by Crippen LogP contribution is -2.43. The van der Waals surface area contributed by atoms with Gasteiger partial charge in [-0.15, -0.1) is 0 Å². The fraction of sp³-hybridized carbons (Fsp3) is 0.269. The van der Waals surface area contributed by atoms with E-state index in [1.165, 1.54) is 5.56 Å². The van der Waals surface area contributed by atoms with E-state index < -0.39 is 0 Å². The fourth-order valence-corrected chi connectivity index (χ4v) is 3.74. The Bertz CT molecular complexity index is 1010. The van der Waals surface area contributed by atoms with E-state index >= 15 is 0 Å². The van der Waals surface area contributed by atoms with Crippen molar-refractivity contribution in [1.29, 1.82) is 0 Å². The number of nitrogens with one attached hydrogen (secondary N) is 1. The molecule has 3 aromatic carbocycles.